The van der Waals surface area contributed by atoms with Crippen LogP contribution in [-0.2, 0) is 14.3 Å². The zero-order valence-electron chi connectivity index (χ0n) is 10.6. The summed E-state index contributed by atoms with van der Waals surface area (Å²) in [6.45, 7) is 3.04. The number of carbonyl (C=O) groups is 1. The first kappa shape index (κ1) is 14.4. The number of amides is 1. The van der Waals surface area contributed by atoms with Crippen LogP contribution in [0.15, 0.2) is 0 Å². The zero-order chi connectivity index (χ0) is 12.5. The zero-order valence-corrected chi connectivity index (χ0v) is 10.6. The maximum atomic E-state index is 11.6. The van der Waals surface area contributed by atoms with Gasteiger partial charge >= 0.3 is 0 Å². The maximum Gasteiger partial charge on any atom is 0.236 e. The van der Waals surface area contributed by atoms with Gasteiger partial charge in [0, 0.05) is 33.5 Å². The Morgan fingerprint density at radius 1 is 1.65 bits per heavy atom. The Bertz CT molecular complexity index is 218. The highest BCUT2D eigenvalue weighted by Gasteiger charge is 2.17. The molecule has 0 aromatic rings. The Kier molecular flexibility index (Phi) is 7.16. The molecule has 1 rings (SSSR count). The lowest BCUT2D eigenvalue weighted by molar-refractivity contribution is -0.122. The molecule has 17 heavy (non-hydrogen) atoms. The predicted octanol–water partition coefficient (Wildman–Crippen LogP) is 0.283. The molecule has 100 valence electrons. The van der Waals surface area contributed by atoms with Gasteiger partial charge in [0.05, 0.1) is 6.04 Å². The molecule has 1 saturated heterocycles. The van der Waals surface area contributed by atoms with E-state index in [2.05, 4.69) is 5.32 Å². The minimum absolute atomic E-state index is 0.0555. The summed E-state index contributed by atoms with van der Waals surface area (Å²) < 4.78 is 10.2. The first-order valence-electron chi connectivity index (χ1n) is 6.34. The lowest BCUT2D eigenvalue weighted by Crippen LogP contribution is -2.41. The monoisotopic (exact) mass is 244 g/mol. The average Bonchev–Trinajstić information content (AvgIpc) is 2.82. The summed E-state index contributed by atoms with van der Waals surface area (Å²) in [5.41, 5.74) is 5.76. The van der Waals surface area contributed by atoms with Gasteiger partial charge in [-0.3, -0.25) is 4.79 Å². The Labute approximate surface area is 103 Å². The van der Waals surface area contributed by atoms with Crippen molar-refractivity contribution in [1.29, 1.82) is 0 Å². The molecule has 2 unspecified atom stereocenters. The SMILES string of the molecule is COCCCC(N)C(=O)NCCC1CCOC1. The first-order chi connectivity index (χ1) is 8.24. The molecule has 0 radical (unpaired) electrons. The van der Waals surface area contributed by atoms with E-state index in [4.69, 9.17) is 15.2 Å². The van der Waals surface area contributed by atoms with Gasteiger partial charge in [-0.15, -0.1) is 0 Å². The number of hydrogen-bond donors (Lipinski definition) is 2. The molecule has 1 heterocycles. The minimum atomic E-state index is -0.412. The Morgan fingerprint density at radius 3 is 3.12 bits per heavy atom. The van der Waals surface area contributed by atoms with E-state index in [0.29, 0.717) is 25.5 Å². The third-order valence-electron chi connectivity index (χ3n) is 3.08. The quantitative estimate of drug-likeness (QED) is 0.602. The van der Waals surface area contributed by atoms with Gasteiger partial charge in [0.15, 0.2) is 0 Å². The van der Waals surface area contributed by atoms with Gasteiger partial charge in [-0.2, -0.15) is 0 Å². The number of hydrogen-bond acceptors (Lipinski definition) is 4. The largest absolute Gasteiger partial charge is 0.385 e. The Hall–Kier alpha value is -0.650. The molecule has 5 heteroatoms. The summed E-state index contributed by atoms with van der Waals surface area (Å²) in [5.74, 6) is 0.542. The maximum absolute atomic E-state index is 11.6. The van der Waals surface area contributed by atoms with Crippen molar-refractivity contribution in [3.8, 4) is 0 Å². The third kappa shape index (κ3) is 6.00. The predicted molar refractivity (Wildman–Crippen MR) is 65.6 cm³/mol. The van der Waals surface area contributed by atoms with Crippen molar-refractivity contribution in [2.24, 2.45) is 11.7 Å². The second-order valence-electron chi connectivity index (χ2n) is 4.55. The number of nitrogens with two attached hydrogens (primary N) is 1. The summed E-state index contributed by atoms with van der Waals surface area (Å²) in [6, 6.07) is -0.412. The fourth-order valence-corrected chi connectivity index (χ4v) is 1.92. The van der Waals surface area contributed by atoms with E-state index in [9.17, 15) is 4.79 Å². The van der Waals surface area contributed by atoms with Crippen LogP contribution in [0.2, 0.25) is 0 Å². The number of methoxy groups -OCH3 is 1. The molecule has 0 aliphatic carbocycles. The molecular weight excluding hydrogens is 220 g/mol. The molecule has 0 spiro atoms. The first-order valence-corrected chi connectivity index (χ1v) is 6.34. The molecule has 2 atom stereocenters. The Morgan fingerprint density at radius 2 is 2.47 bits per heavy atom. The van der Waals surface area contributed by atoms with Gasteiger partial charge in [0.2, 0.25) is 5.91 Å². The van der Waals surface area contributed by atoms with Crippen molar-refractivity contribution >= 4 is 5.91 Å². The number of rotatable bonds is 8. The fourth-order valence-electron chi connectivity index (χ4n) is 1.92. The van der Waals surface area contributed by atoms with Crippen molar-refractivity contribution in [1.82, 2.24) is 5.32 Å². The molecule has 0 bridgehead atoms. The molecular formula is C12H24N2O3. The molecule has 0 aromatic heterocycles. The molecule has 3 N–H and O–H groups in total. The van der Waals surface area contributed by atoms with Crippen molar-refractivity contribution in [3.05, 3.63) is 0 Å². The van der Waals surface area contributed by atoms with Crippen LogP contribution in [0, 0.1) is 5.92 Å². The molecule has 0 saturated carbocycles. The highest BCUT2D eigenvalue weighted by molar-refractivity contribution is 5.81. The second kappa shape index (κ2) is 8.44. The van der Waals surface area contributed by atoms with Gasteiger partial charge in [0.1, 0.15) is 0 Å². The van der Waals surface area contributed by atoms with Gasteiger partial charge in [-0.25, -0.2) is 0 Å². The molecule has 1 fully saturated rings. The van der Waals surface area contributed by atoms with Crippen molar-refractivity contribution in [2.75, 3.05) is 33.5 Å². The number of carbonyl (C=O) groups excluding carboxylic acids is 1. The van der Waals surface area contributed by atoms with Crippen LogP contribution in [-0.4, -0.2) is 45.4 Å². The summed E-state index contributed by atoms with van der Waals surface area (Å²) in [5, 5.41) is 2.88. The van der Waals surface area contributed by atoms with E-state index in [1.165, 1.54) is 0 Å². The summed E-state index contributed by atoms with van der Waals surface area (Å²) in [7, 11) is 1.65. The van der Waals surface area contributed by atoms with Gasteiger partial charge < -0.3 is 20.5 Å². The topological polar surface area (TPSA) is 73.6 Å². The second-order valence-corrected chi connectivity index (χ2v) is 4.55. The molecule has 1 aliphatic heterocycles. The van der Waals surface area contributed by atoms with Crippen LogP contribution in [0.1, 0.15) is 25.7 Å². The van der Waals surface area contributed by atoms with Gasteiger partial charge in [-0.1, -0.05) is 0 Å². The number of ether oxygens (including phenoxy) is 2. The van der Waals surface area contributed by atoms with Crippen LogP contribution >= 0.6 is 0 Å². The van der Waals surface area contributed by atoms with Crippen LogP contribution < -0.4 is 11.1 Å². The van der Waals surface area contributed by atoms with E-state index in [0.717, 1.165) is 32.5 Å². The third-order valence-corrected chi connectivity index (χ3v) is 3.08. The van der Waals surface area contributed by atoms with Crippen LogP contribution in [0.25, 0.3) is 0 Å². The van der Waals surface area contributed by atoms with Gasteiger partial charge in [0.25, 0.3) is 0 Å². The van der Waals surface area contributed by atoms with Crippen molar-refractivity contribution in [3.63, 3.8) is 0 Å². The standard InChI is InChI=1S/C12H24N2O3/c1-16-7-2-3-11(13)12(15)14-6-4-10-5-8-17-9-10/h10-11H,2-9,13H2,1H3,(H,14,15). The lowest BCUT2D eigenvalue weighted by Gasteiger charge is -2.13. The Balaban J connectivity index is 2.02. The molecule has 1 amide bonds. The minimum Gasteiger partial charge on any atom is -0.385 e. The van der Waals surface area contributed by atoms with Gasteiger partial charge in [-0.05, 0) is 31.6 Å². The average molecular weight is 244 g/mol. The van der Waals surface area contributed by atoms with Crippen LogP contribution in [0.4, 0.5) is 0 Å². The molecule has 5 nitrogen and oxygen atoms in total. The van der Waals surface area contributed by atoms with E-state index >= 15 is 0 Å². The van der Waals surface area contributed by atoms with E-state index < -0.39 is 6.04 Å². The van der Waals surface area contributed by atoms with E-state index in [-0.39, 0.29) is 5.91 Å². The number of nitrogens with one attached hydrogen (secondary N) is 1. The van der Waals surface area contributed by atoms with Crippen molar-refractivity contribution in [2.45, 2.75) is 31.7 Å². The summed E-state index contributed by atoms with van der Waals surface area (Å²) >= 11 is 0. The summed E-state index contributed by atoms with van der Waals surface area (Å²) in [4.78, 5) is 11.6. The highest BCUT2D eigenvalue weighted by Crippen LogP contribution is 2.15. The van der Waals surface area contributed by atoms with E-state index in [1.54, 1.807) is 7.11 Å². The fraction of sp³-hybridized carbons (Fsp3) is 0.917. The molecule has 1 aliphatic rings. The van der Waals surface area contributed by atoms with Crippen molar-refractivity contribution < 1.29 is 14.3 Å². The van der Waals surface area contributed by atoms with Crippen LogP contribution in [0.3, 0.4) is 0 Å². The summed E-state index contributed by atoms with van der Waals surface area (Å²) in [6.07, 6.45) is 3.58. The smallest absolute Gasteiger partial charge is 0.236 e. The highest BCUT2D eigenvalue weighted by atomic mass is 16.5. The normalized spacial score (nSPS) is 21.4. The van der Waals surface area contributed by atoms with E-state index in [1.807, 2.05) is 0 Å². The molecule has 0 aromatic carbocycles. The van der Waals surface area contributed by atoms with Crippen LogP contribution in [0.5, 0.6) is 0 Å². The lowest BCUT2D eigenvalue weighted by atomic mass is 10.1.